The Labute approximate surface area is 152 Å². The van der Waals surface area contributed by atoms with Crippen LogP contribution in [0.25, 0.3) is 0 Å². The molecule has 7 heteroatoms. The van der Waals surface area contributed by atoms with Crippen molar-refractivity contribution in [3.8, 4) is 0 Å². The van der Waals surface area contributed by atoms with Crippen LogP contribution in [0.2, 0.25) is 0 Å². The third-order valence-electron chi connectivity index (χ3n) is 6.47. The number of hydrogen-bond donors (Lipinski definition) is 0. The standard InChI is InChI=1S/C19H25NO6/c1-10-8-13(25-17(10)22)12-4-5-14-19(9-11(2)18(23)26-19)15(24-3)6-7-16(21)20(12)14/h11-15H,1,4-9H2,2-3H3/t11?,12-,13+,14-,15+,19-/m0/s1. The quantitative estimate of drug-likeness (QED) is 0.544. The van der Waals surface area contributed by atoms with Crippen LogP contribution >= 0.6 is 0 Å². The maximum absolute atomic E-state index is 13.0. The third kappa shape index (κ3) is 2.40. The highest BCUT2D eigenvalue weighted by Gasteiger charge is 2.62. The van der Waals surface area contributed by atoms with E-state index in [4.69, 9.17) is 14.2 Å². The molecule has 7 nitrogen and oxygen atoms in total. The molecule has 1 spiro atoms. The van der Waals surface area contributed by atoms with E-state index in [0.717, 1.165) is 0 Å². The summed E-state index contributed by atoms with van der Waals surface area (Å²) >= 11 is 0. The molecular weight excluding hydrogens is 338 g/mol. The van der Waals surface area contributed by atoms with E-state index in [1.807, 2.05) is 11.8 Å². The van der Waals surface area contributed by atoms with Crippen LogP contribution in [0, 0.1) is 5.92 Å². The van der Waals surface area contributed by atoms with Crippen molar-refractivity contribution >= 4 is 17.8 Å². The molecule has 0 aromatic rings. The number of hydrogen-bond acceptors (Lipinski definition) is 6. The van der Waals surface area contributed by atoms with Crippen LogP contribution in [-0.2, 0) is 28.6 Å². The van der Waals surface area contributed by atoms with Gasteiger partial charge in [-0.25, -0.2) is 4.79 Å². The van der Waals surface area contributed by atoms with Gasteiger partial charge in [0.1, 0.15) is 6.10 Å². The summed E-state index contributed by atoms with van der Waals surface area (Å²) in [6.45, 7) is 5.60. The highest BCUT2D eigenvalue weighted by molar-refractivity contribution is 5.90. The van der Waals surface area contributed by atoms with Gasteiger partial charge in [0.05, 0.1) is 24.1 Å². The molecule has 4 aliphatic heterocycles. The van der Waals surface area contributed by atoms with Gasteiger partial charge in [-0.2, -0.15) is 0 Å². The Morgan fingerprint density at radius 3 is 2.58 bits per heavy atom. The normalized spacial score (nSPS) is 42.8. The van der Waals surface area contributed by atoms with E-state index in [1.165, 1.54) is 0 Å². The minimum atomic E-state index is -0.814. The van der Waals surface area contributed by atoms with Crippen molar-refractivity contribution in [1.29, 1.82) is 0 Å². The fraction of sp³-hybridized carbons (Fsp3) is 0.737. The molecule has 26 heavy (non-hydrogen) atoms. The van der Waals surface area contributed by atoms with Gasteiger partial charge in [-0.05, 0) is 19.3 Å². The van der Waals surface area contributed by atoms with Crippen molar-refractivity contribution in [3.63, 3.8) is 0 Å². The first-order valence-electron chi connectivity index (χ1n) is 9.33. The summed E-state index contributed by atoms with van der Waals surface area (Å²) in [4.78, 5) is 38.8. The maximum Gasteiger partial charge on any atom is 0.333 e. The summed E-state index contributed by atoms with van der Waals surface area (Å²) in [6.07, 6.45) is 2.58. The molecule has 4 rings (SSSR count). The van der Waals surface area contributed by atoms with E-state index in [9.17, 15) is 14.4 Å². The molecule has 4 heterocycles. The minimum Gasteiger partial charge on any atom is -0.456 e. The van der Waals surface area contributed by atoms with Gasteiger partial charge in [0.2, 0.25) is 5.91 Å². The predicted octanol–water partition coefficient (Wildman–Crippen LogP) is 1.35. The average Bonchev–Trinajstić information content (AvgIpc) is 3.24. The zero-order chi connectivity index (χ0) is 18.6. The lowest BCUT2D eigenvalue weighted by atomic mass is 9.81. The molecule has 0 aliphatic carbocycles. The molecule has 0 saturated carbocycles. The summed E-state index contributed by atoms with van der Waals surface area (Å²) in [6, 6.07) is -0.438. The van der Waals surface area contributed by atoms with Crippen LogP contribution in [0.4, 0.5) is 0 Å². The molecular formula is C19H25NO6. The number of carbonyl (C=O) groups is 3. The molecule has 0 aromatic carbocycles. The Balaban J connectivity index is 1.69. The fourth-order valence-electron chi connectivity index (χ4n) is 5.30. The summed E-state index contributed by atoms with van der Waals surface area (Å²) in [7, 11) is 1.61. The Kier molecular flexibility index (Phi) is 4.10. The number of nitrogens with zero attached hydrogens (tertiary/aromatic N) is 1. The maximum atomic E-state index is 13.0. The van der Waals surface area contributed by atoms with Crippen molar-refractivity contribution < 1.29 is 28.6 Å². The molecule has 142 valence electrons. The first kappa shape index (κ1) is 17.5. The Hall–Kier alpha value is -1.89. The number of carbonyl (C=O) groups excluding carboxylic acids is 3. The van der Waals surface area contributed by atoms with Gasteiger partial charge >= 0.3 is 11.9 Å². The highest BCUT2D eigenvalue weighted by atomic mass is 16.6. The SMILES string of the molecule is C=C1C[C@H]([C@@H]2CC[C@@H]3N2C(=O)CC[C@@H](OC)[C@]32CC(C)C(=O)O2)OC1=O. The van der Waals surface area contributed by atoms with E-state index in [2.05, 4.69) is 6.58 Å². The van der Waals surface area contributed by atoms with Crippen molar-refractivity contribution in [2.45, 2.75) is 75.3 Å². The number of ether oxygens (including phenoxy) is 3. The number of cyclic esters (lactones) is 1. The number of methoxy groups -OCH3 is 1. The Morgan fingerprint density at radius 1 is 1.23 bits per heavy atom. The van der Waals surface area contributed by atoms with Crippen LogP contribution < -0.4 is 0 Å². The Bertz CT molecular complexity index is 659. The average molecular weight is 363 g/mol. The largest absolute Gasteiger partial charge is 0.456 e. The van der Waals surface area contributed by atoms with E-state index >= 15 is 0 Å². The van der Waals surface area contributed by atoms with E-state index < -0.39 is 5.60 Å². The number of rotatable bonds is 2. The Morgan fingerprint density at radius 2 is 2.00 bits per heavy atom. The molecule has 6 atom stereocenters. The van der Waals surface area contributed by atoms with Gasteiger partial charge in [-0.15, -0.1) is 0 Å². The van der Waals surface area contributed by atoms with E-state index in [1.54, 1.807) is 7.11 Å². The minimum absolute atomic E-state index is 0.0144. The third-order valence-corrected chi connectivity index (χ3v) is 6.47. The zero-order valence-electron chi connectivity index (χ0n) is 15.2. The molecule has 4 fully saturated rings. The number of amides is 1. The smallest absolute Gasteiger partial charge is 0.333 e. The van der Waals surface area contributed by atoms with Crippen LogP contribution in [0.15, 0.2) is 12.2 Å². The van der Waals surface area contributed by atoms with Crippen LogP contribution in [0.3, 0.4) is 0 Å². The van der Waals surface area contributed by atoms with Crippen molar-refractivity contribution in [3.05, 3.63) is 12.2 Å². The van der Waals surface area contributed by atoms with Gasteiger partial charge in [0.15, 0.2) is 5.60 Å². The highest BCUT2D eigenvalue weighted by Crippen LogP contribution is 2.49. The lowest BCUT2D eigenvalue weighted by molar-refractivity contribution is -0.174. The van der Waals surface area contributed by atoms with Crippen molar-refractivity contribution in [1.82, 2.24) is 4.90 Å². The van der Waals surface area contributed by atoms with Gasteiger partial charge in [-0.3, -0.25) is 9.59 Å². The summed E-state index contributed by atoms with van der Waals surface area (Å²) < 4.78 is 17.1. The molecule has 1 amide bonds. The van der Waals surface area contributed by atoms with E-state index in [-0.39, 0.29) is 48.1 Å². The van der Waals surface area contributed by atoms with Crippen LogP contribution in [0.1, 0.15) is 45.4 Å². The topological polar surface area (TPSA) is 82.1 Å². The van der Waals surface area contributed by atoms with Gasteiger partial charge < -0.3 is 19.1 Å². The number of fused-ring (bicyclic) bond motifs is 2. The van der Waals surface area contributed by atoms with Crippen molar-refractivity contribution in [2.75, 3.05) is 7.11 Å². The molecule has 0 bridgehead atoms. The summed E-state index contributed by atoms with van der Waals surface area (Å²) in [5.41, 5.74) is -0.364. The zero-order valence-corrected chi connectivity index (χ0v) is 15.2. The van der Waals surface area contributed by atoms with Gasteiger partial charge in [-0.1, -0.05) is 13.5 Å². The van der Waals surface area contributed by atoms with Gasteiger partial charge in [0.25, 0.3) is 0 Å². The summed E-state index contributed by atoms with van der Waals surface area (Å²) in [5, 5.41) is 0. The molecule has 0 aromatic heterocycles. The lowest BCUT2D eigenvalue weighted by Crippen LogP contribution is -2.58. The molecule has 0 N–H and O–H groups in total. The number of esters is 2. The van der Waals surface area contributed by atoms with Crippen LogP contribution in [-0.4, -0.2) is 59.7 Å². The molecule has 4 saturated heterocycles. The molecule has 1 unspecified atom stereocenters. The monoisotopic (exact) mass is 363 g/mol. The van der Waals surface area contributed by atoms with Gasteiger partial charge in [0, 0.05) is 31.9 Å². The van der Waals surface area contributed by atoms with Crippen LogP contribution in [0.5, 0.6) is 0 Å². The first-order valence-corrected chi connectivity index (χ1v) is 9.33. The first-order chi connectivity index (χ1) is 12.4. The second-order valence-electron chi connectivity index (χ2n) is 7.96. The lowest BCUT2D eigenvalue weighted by Gasteiger charge is -2.42. The second-order valence-corrected chi connectivity index (χ2v) is 7.96. The molecule has 4 aliphatic rings. The summed E-state index contributed by atoms with van der Waals surface area (Å²) in [5.74, 6) is -0.817. The van der Waals surface area contributed by atoms with E-state index in [0.29, 0.717) is 44.1 Å². The van der Waals surface area contributed by atoms with Crippen molar-refractivity contribution in [2.24, 2.45) is 5.92 Å². The fourth-order valence-corrected chi connectivity index (χ4v) is 5.30. The molecule has 0 radical (unpaired) electrons. The second kappa shape index (κ2) is 6.08. The predicted molar refractivity (Wildman–Crippen MR) is 89.9 cm³/mol.